The highest BCUT2D eigenvalue weighted by atomic mass is 35.5. The number of hydrogen-bond donors (Lipinski definition) is 2. The predicted octanol–water partition coefficient (Wildman–Crippen LogP) is 6.64. The molecule has 0 saturated carbocycles. The second-order valence-corrected chi connectivity index (χ2v) is 7.66. The zero-order valence-electron chi connectivity index (χ0n) is 15.7. The first-order valence-corrected chi connectivity index (χ1v) is 9.94. The van der Waals surface area contributed by atoms with Gasteiger partial charge in [-0.1, -0.05) is 53.0 Å². The van der Waals surface area contributed by atoms with Crippen LogP contribution in [0.25, 0.3) is 0 Å². The van der Waals surface area contributed by atoms with Crippen LogP contribution in [0.4, 0.5) is 0 Å². The second kappa shape index (κ2) is 11.4. The largest absolute Gasteiger partial charge is 0.489 e. The molecule has 8 heteroatoms. The molecule has 0 bridgehead atoms. The summed E-state index contributed by atoms with van der Waals surface area (Å²) in [5.41, 5.74) is 2.99. The third kappa shape index (κ3) is 6.79. The Morgan fingerprint density at radius 2 is 1.53 bits per heavy atom. The summed E-state index contributed by atoms with van der Waals surface area (Å²) in [6, 6.07) is 17.5. The van der Waals surface area contributed by atoms with Crippen LogP contribution >= 0.6 is 47.2 Å². The number of ether oxygens (including phenoxy) is 1. The van der Waals surface area contributed by atoms with Gasteiger partial charge in [0.1, 0.15) is 12.4 Å². The minimum atomic E-state index is -0.939. The van der Waals surface area contributed by atoms with E-state index in [1.807, 2.05) is 18.2 Å². The smallest absolute Gasteiger partial charge is 0.335 e. The summed E-state index contributed by atoms with van der Waals surface area (Å²) in [5.74, 6) is -0.236. The summed E-state index contributed by atoms with van der Waals surface area (Å²) in [7, 11) is 0. The summed E-state index contributed by atoms with van der Waals surface area (Å²) >= 11 is 18.3. The molecule has 0 fully saturated rings. The van der Waals surface area contributed by atoms with E-state index in [1.165, 1.54) is 0 Å². The normalized spacial score (nSPS) is 10.4. The van der Waals surface area contributed by atoms with Crippen LogP contribution in [0.3, 0.4) is 0 Å². The Bertz CT molecular complexity index is 1010. The fourth-order valence-corrected chi connectivity index (χ4v) is 3.39. The second-order valence-electron chi connectivity index (χ2n) is 6.38. The maximum atomic E-state index is 10.9. The van der Waals surface area contributed by atoms with Crippen LogP contribution in [0.1, 0.15) is 27.0 Å². The molecule has 2 N–H and O–H groups in total. The molecule has 0 heterocycles. The highest BCUT2D eigenvalue weighted by Gasteiger charge is 2.08. The lowest BCUT2D eigenvalue weighted by Gasteiger charge is -2.14. The zero-order chi connectivity index (χ0) is 20.8. The van der Waals surface area contributed by atoms with Crippen LogP contribution in [-0.2, 0) is 19.7 Å². The van der Waals surface area contributed by atoms with E-state index in [-0.39, 0.29) is 18.0 Å². The van der Waals surface area contributed by atoms with Crippen molar-refractivity contribution in [1.82, 2.24) is 5.32 Å². The van der Waals surface area contributed by atoms with Gasteiger partial charge in [0, 0.05) is 39.3 Å². The minimum Gasteiger partial charge on any atom is -0.489 e. The summed E-state index contributed by atoms with van der Waals surface area (Å²) in [4.78, 5) is 10.9. The molecule has 0 aliphatic rings. The fourth-order valence-electron chi connectivity index (χ4n) is 2.73. The summed E-state index contributed by atoms with van der Waals surface area (Å²) in [5, 5.41) is 14.0. The number of benzene rings is 3. The van der Waals surface area contributed by atoms with Crippen molar-refractivity contribution in [3.8, 4) is 5.75 Å². The average Bonchev–Trinajstić information content (AvgIpc) is 2.69. The Balaban J connectivity index is 0.00000320. The molecule has 3 aromatic rings. The number of carboxylic acid groups (broad SMARTS) is 1. The maximum absolute atomic E-state index is 10.9. The van der Waals surface area contributed by atoms with E-state index in [2.05, 4.69) is 5.32 Å². The Morgan fingerprint density at radius 1 is 0.867 bits per heavy atom. The molecule has 0 unspecified atom stereocenters. The van der Waals surface area contributed by atoms with Gasteiger partial charge in [-0.25, -0.2) is 4.79 Å². The van der Waals surface area contributed by atoms with Crippen molar-refractivity contribution in [3.05, 3.63) is 98.0 Å². The molecule has 0 radical (unpaired) electrons. The lowest BCUT2D eigenvalue weighted by molar-refractivity contribution is 0.0697. The van der Waals surface area contributed by atoms with Crippen LogP contribution in [0.5, 0.6) is 5.75 Å². The Kier molecular flexibility index (Phi) is 9.28. The van der Waals surface area contributed by atoms with Gasteiger partial charge >= 0.3 is 5.97 Å². The molecule has 0 aromatic heterocycles. The van der Waals surface area contributed by atoms with E-state index >= 15 is 0 Å². The van der Waals surface area contributed by atoms with Gasteiger partial charge in [0.25, 0.3) is 0 Å². The number of nitrogens with one attached hydrogen (secondary N) is 1. The van der Waals surface area contributed by atoms with Crippen molar-refractivity contribution in [2.75, 3.05) is 0 Å². The van der Waals surface area contributed by atoms with Gasteiger partial charge < -0.3 is 15.2 Å². The number of carboxylic acids is 1. The lowest BCUT2D eigenvalue weighted by Crippen LogP contribution is -2.14. The van der Waals surface area contributed by atoms with Gasteiger partial charge in [-0.15, -0.1) is 12.4 Å². The van der Waals surface area contributed by atoms with Crippen molar-refractivity contribution in [3.63, 3.8) is 0 Å². The Labute approximate surface area is 196 Å². The van der Waals surface area contributed by atoms with E-state index in [4.69, 9.17) is 44.6 Å². The predicted molar refractivity (Wildman–Crippen MR) is 123 cm³/mol. The monoisotopic (exact) mass is 485 g/mol. The highest BCUT2D eigenvalue weighted by Crippen LogP contribution is 2.26. The Hall–Kier alpha value is -1.95. The maximum Gasteiger partial charge on any atom is 0.335 e. The minimum absolute atomic E-state index is 0. The van der Waals surface area contributed by atoms with Crippen LogP contribution in [0.15, 0.2) is 60.7 Å². The first kappa shape index (κ1) is 24.3. The van der Waals surface area contributed by atoms with Gasteiger partial charge in [0.2, 0.25) is 0 Å². The number of halogens is 4. The lowest BCUT2D eigenvalue weighted by atomic mass is 10.1. The first-order chi connectivity index (χ1) is 13.9. The van der Waals surface area contributed by atoms with Crippen molar-refractivity contribution in [1.29, 1.82) is 0 Å². The van der Waals surface area contributed by atoms with Crippen LogP contribution < -0.4 is 10.1 Å². The van der Waals surface area contributed by atoms with Gasteiger partial charge in [-0.3, -0.25) is 0 Å². The number of aromatic carboxylic acids is 1. The van der Waals surface area contributed by atoms with Gasteiger partial charge in [0.05, 0.1) is 5.56 Å². The SMILES string of the molecule is Cl.O=C(O)c1ccc(CNCc2cc(Cl)ccc2OCc2ccc(Cl)cc2Cl)cc1. The number of rotatable bonds is 8. The molecule has 0 amide bonds. The van der Waals surface area contributed by atoms with E-state index in [0.717, 1.165) is 16.7 Å². The fraction of sp³-hybridized carbons (Fsp3) is 0.136. The van der Waals surface area contributed by atoms with Crippen molar-refractivity contribution in [2.45, 2.75) is 19.7 Å². The molecule has 0 atom stereocenters. The van der Waals surface area contributed by atoms with Crippen molar-refractivity contribution < 1.29 is 14.6 Å². The summed E-state index contributed by atoms with van der Waals surface area (Å²) < 4.78 is 5.95. The van der Waals surface area contributed by atoms with Crippen LogP contribution in [0, 0.1) is 0 Å². The number of carbonyl (C=O) groups is 1. The average molecular weight is 487 g/mol. The van der Waals surface area contributed by atoms with E-state index in [1.54, 1.807) is 42.5 Å². The van der Waals surface area contributed by atoms with Gasteiger partial charge in [0.15, 0.2) is 0 Å². The molecule has 0 spiro atoms. The van der Waals surface area contributed by atoms with E-state index < -0.39 is 5.97 Å². The highest BCUT2D eigenvalue weighted by molar-refractivity contribution is 6.35. The topological polar surface area (TPSA) is 58.6 Å². The van der Waals surface area contributed by atoms with Crippen molar-refractivity contribution in [2.24, 2.45) is 0 Å². The molecule has 30 heavy (non-hydrogen) atoms. The van der Waals surface area contributed by atoms with Gasteiger partial charge in [-0.05, 0) is 48.0 Å². The standard InChI is InChI=1S/C22H18Cl3NO3.ClH/c23-18-7-8-21(29-13-16-5-6-19(24)10-20(16)25)17(9-18)12-26-11-14-1-3-15(4-2-14)22(27)28;/h1-10,26H,11-13H2,(H,27,28);1H. The Morgan fingerprint density at radius 3 is 2.20 bits per heavy atom. The molecular weight excluding hydrogens is 468 g/mol. The molecular formula is C22H19Cl4NO3. The van der Waals surface area contributed by atoms with Crippen LogP contribution in [-0.4, -0.2) is 11.1 Å². The first-order valence-electron chi connectivity index (χ1n) is 8.80. The quantitative estimate of drug-likeness (QED) is 0.374. The molecule has 0 saturated heterocycles. The molecule has 3 aromatic carbocycles. The molecule has 0 aliphatic heterocycles. The summed E-state index contributed by atoms with van der Waals surface area (Å²) in [6.45, 7) is 1.42. The van der Waals surface area contributed by atoms with E-state index in [0.29, 0.717) is 40.5 Å². The molecule has 0 aliphatic carbocycles. The molecule has 4 nitrogen and oxygen atoms in total. The van der Waals surface area contributed by atoms with Gasteiger partial charge in [-0.2, -0.15) is 0 Å². The molecule has 3 rings (SSSR count). The van der Waals surface area contributed by atoms with Crippen molar-refractivity contribution >= 4 is 53.2 Å². The zero-order valence-corrected chi connectivity index (χ0v) is 18.8. The van der Waals surface area contributed by atoms with Crippen LogP contribution in [0.2, 0.25) is 15.1 Å². The third-order valence-corrected chi connectivity index (χ3v) is 5.09. The summed E-state index contributed by atoms with van der Waals surface area (Å²) in [6.07, 6.45) is 0. The number of hydrogen-bond acceptors (Lipinski definition) is 3. The van der Waals surface area contributed by atoms with E-state index in [9.17, 15) is 4.79 Å². The molecule has 158 valence electrons. The third-order valence-electron chi connectivity index (χ3n) is 4.27.